The predicted octanol–water partition coefficient (Wildman–Crippen LogP) is 0.191. The number of carbonyl (C=O) groups is 2. The minimum absolute atomic E-state index is 0.0504. The lowest BCUT2D eigenvalue weighted by atomic mass is 10.3. The number of nitrogens with zero attached hydrogens (tertiary/aromatic N) is 2. The quantitative estimate of drug-likeness (QED) is 0.752. The highest BCUT2D eigenvalue weighted by molar-refractivity contribution is 7.11. The first-order valence-electron chi connectivity index (χ1n) is 4.35. The lowest BCUT2D eigenvalue weighted by Gasteiger charge is -1.94. The van der Waals surface area contributed by atoms with Gasteiger partial charge in [-0.3, -0.25) is 9.59 Å². The van der Waals surface area contributed by atoms with E-state index in [4.69, 9.17) is 5.11 Å². The van der Waals surface area contributed by atoms with E-state index in [2.05, 4.69) is 15.5 Å². The van der Waals surface area contributed by atoms with Crippen molar-refractivity contribution in [2.45, 2.75) is 26.3 Å². The molecule has 0 saturated carbocycles. The number of rotatable bonds is 5. The van der Waals surface area contributed by atoms with Crippen LogP contribution in [0.15, 0.2) is 0 Å². The van der Waals surface area contributed by atoms with Crippen LogP contribution in [0.25, 0.3) is 0 Å². The molecule has 1 amide bonds. The van der Waals surface area contributed by atoms with Crippen LogP contribution in [0.3, 0.4) is 0 Å². The molecule has 0 aliphatic rings. The Kier molecular flexibility index (Phi) is 4.17. The number of carbonyl (C=O) groups excluding carboxylic acids is 1. The number of hydrogen-bond acceptors (Lipinski definition) is 5. The summed E-state index contributed by atoms with van der Waals surface area (Å²) in [6.07, 6.45) is 0.432. The minimum Gasteiger partial charge on any atom is -0.481 e. The Balaban J connectivity index is 2.41. The van der Waals surface area contributed by atoms with Gasteiger partial charge in [0.05, 0.1) is 13.0 Å². The van der Waals surface area contributed by atoms with E-state index in [1.54, 1.807) is 0 Å². The van der Waals surface area contributed by atoms with E-state index >= 15 is 0 Å². The lowest BCUT2D eigenvalue weighted by Crippen LogP contribution is -2.18. The molecule has 1 aromatic rings. The topological polar surface area (TPSA) is 92.2 Å². The molecule has 15 heavy (non-hydrogen) atoms. The van der Waals surface area contributed by atoms with Crippen LogP contribution < -0.4 is 5.32 Å². The van der Waals surface area contributed by atoms with Gasteiger partial charge in [-0.15, -0.1) is 10.2 Å². The molecule has 0 saturated heterocycles. The molecule has 1 aromatic heterocycles. The van der Waals surface area contributed by atoms with Crippen molar-refractivity contribution in [2.75, 3.05) is 0 Å². The summed E-state index contributed by atoms with van der Waals surface area (Å²) in [6, 6.07) is 0. The van der Waals surface area contributed by atoms with Gasteiger partial charge in [0.25, 0.3) is 0 Å². The van der Waals surface area contributed by atoms with Gasteiger partial charge in [0.15, 0.2) is 0 Å². The fourth-order valence-corrected chi connectivity index (χ4v) is 1.66. The predicted molar refractivity (Wildman–Crippen MR) is 53.4 cm³/mol. The summed E-state index contributed by atoms with van der Waals surface area (Å²) in [5.41, 5.74) is 0. The van der Waals surface area contributed by atoms with Gasteiger partial charge in [-0.1, -0.05) is 11.3 Å². The molecule has 0 radical (unpaired) electrons. The van der Waals surface area contributed by atoms with Gasteiger partial charge < -0.3 is 10.4 Å². The molecule has 6 nitrogen and oxygen atoms in total. The van der Waals surface area contributed by atoms with Gasteiger partial charge in [-0.2, -0.15) is 0 Å². The molecule has 0 fully saturated rings. The molecule has 1 heterocycles. The van der Waals surface area contributed by atoms with Crippen LogP contribution in [0.5, 0.6) is 0 Å². The third-order valence-corrected chi connectivity index (χ3v) is 2.53. The van der Waals surface area contributed by atoms with Crippen LogP contribution in [0, 0.1) is 0 Å². The van der Waals surface area contributed by atoms with Crippen molar-refractivity contribution in [1.82, 2.24) is 15.5 Å². The van der Waals surface area contributed by atoms with Crippen molar-refractivity contribution in [2.24, 2.45) is 0 Å². The smallest absolute Gasteiger partial charge is 0.303 e. The van der Waals surface area contributed by atoms with Crippen molar-refractivity contribution in [3.8, 4) is 0 Å². The fourth-order valence-electron chi connectivity index (χ4n) is 0.875. The zero-order valence-electron chi connectivity index (χ0n) is 8.19. The summed E-state index contributed by atoms with van der Waals surface area (Å²) in [6.45, 7) is 1.77. The highest BCUT2D eigenvalue weighted by Crippen LogP contribution is 2.11. The normalized spacial score (nSPS) is 9.93. The van der Waals surface area contributed by atoms with Gasteiger partial charge in [0.2, 0.25) is 5.91 Å². The Morgan fingerprint density at radius 2 is 2.07 bits per heavy atom. The number of aromatic nitrogens is 2. The molecule has 0 spiro atoms. The molecular weight excluding hydrogens is 218 g/mol. The maximum Gasteiger partial charge on any atom is 0.303 e. The lowest BCUT2D eigenvalue weighted by molar-refractivity contribution is -0.137. The summed E-state index contributed by atoms with van der Waals surface area (Å²) in [5, 5.41) is 20.1. The minimum atomic E-state index is -0.853. The third kappa shape index (κ3) is 4.50. The molecule has 0 aromatic carbocycles. The SMILES string of the molecule is CC(=O)NCc1nnc(CCC(=O)O)s1. The second-order valence-corrected chi connectivity index (χ2v) is 4.04. The second kappa shape index (κ2) is 5.40. The number of carboxylic acid groups (broad SMARTS) is 1. The number of hydrogen-bond donors (Lipinski definition) is 2. The number of aryl methyl sites for hydroxylation is 1. The highest BCUT2D eigenvalue weighted by Gasteiger charge is 2.06. The van der Waals surface area contributed by atoms with Gasteiger partial charge in [-0.05, 0) is 0 Å². The van der Waals surface area contributed by atoms with E-state index in [1.165, 1.54) is 18.3 Å². The molecule has 7 heteroatoms. The van der Waals surface area contributed by atoms with E-state index in [0.717, 1.165) is 0 Å². The van der Waals surface area contributed by atoms with E-state index in [-0.39, 0.29) is 12.3 Å². The van der Waals surface area contributed by atoms with Gasteiger partial charge in [-0.25, -0.2) is 0 Å². The van der Waals surface area contributed by atoms with Crippen LogP contribution in [-0.4, -0.2) is 27.2 Å². The molecule has 0 bridgehead atoms. The molecule has 0 aliphatic heterocycles. The Bertz CT molecular complexity index is 331. The summed E-state index contributed by atoms with van der Waals surface area (Å²) in [4.78, 5) is 20.9. The van der Waals surface area contributed by atoms with E-state index in [0.29, 0.717) is 23.0 Å². The number of aliphatic carboxylic acids is 1. The highest BCUT2D eigenvalue weighted by atomic mass is 32.1. The number of carboxylic acids is 1. The average molecular weight is 229 g/mol. The van der Waals surface area contributed by atoms with Crippen molar-refractivity contribution in [3.63, 3.8) is 0 Å². The third-order valence-electron chi connectivity index (χ3n) is 1.55. The van der Waals surface area contributed by atoms with Crippen molar-refractivity contribution in [3.05, 3.63) is 10.0 Å². The van der Waals surface area contributed by atoms with Crippen LogP contribution in [0.1, 0.15) is 23.4 Å². The molecular formula is C8H11N3O3S. The molecule has 1 rings (SSSR count). The maximum atomic E-state index is 10.6. The molecule has 2 N–H and O–H groups in total. The monoisotopic (exact) mass is 229 g/mol. The van der Waals surface area contributed by atoms with Crippen LogP contribution in [-0.2, 0) is 22.6 Å². The Morgan fingerprint density at radius 3 is 2.67 bits per heavy atom. The van der Waals surface area contributed by atoms with Gasteiger partial charge >= 0.3 is 5.97 Å². The van der Waals surface area contributed by atoms with Crippen molar-refractivity contribution < 1.29 is 14.7 Å². The number of nitrogens with one attached hydrogen (secondary N) is 1. The van der Waals surface area contributed by atoms with E-state index in [9.17, 15) is 9.59 Å². The first-order chi connectivity index (χ1) is 7.08. The van der Waals surface area contributed by atoms with Gasteiger partial charge in [0, 0.05) is 13.3 Å². The first kappa shape index (κ1) is 11.6. The molecule has 82 valence electrons. The standard InChI is InChI=1S/C8H11N3O3S/c1-5(12)9-4-7-11-10-6(15-7)2-3-8(13)14/h2-4H2,1H3,(H,9,12)(H,13,14). The number of amides is 1. The van der Waals surface area contributed by atoms with Gasteiger partial charge in [0.1, 0.15) is 10.0 Å². The summed E-state index contributed by atoms with van der Waals surface area (Å²) in [7, 11) is 0. The Morgan fingerprint density at radius 1 is 1.40 bits per heavy atom. The van der Waals surface area contributed by atoms with Crippen molar-refractivity contribution in [1.29, 1.82) is 0 Å². The van der Waals surface area contributed by atoms with Crippen LogP contribution in [0.4, 0.5) is 0 Å². The Hall–Kier alpha value is -1.50. The van der Waals surface area contributed by atoms with E-state index < -0.39 is 5.97 Å². The van der Waals surface area contributed by atoms with Crippen LogP contribution in [0.2, 0.25) is 0 Å². The second-order valence-electron chi connectivity index (χ2n) is 2.89. The first-order valence-corrected chi connectivity index (χ1v) is 5.17. The maximum absolute atomic E-state index is 10.6. The molecule has 0 aliphatic carbocycles. The molecule has 0 unspecified atom stereocenters. The summed E-state index contributed by atoms with van der Waals surface area (Å²) >= 11 is 1.32. The molecule has 0 atom stereocenters. The van der Waals surface area contributed by atoms with Crippen LogP contribution >= 0.6 is 11.3 Å². The Labute approximate surface area is 90.3 Å². The zero-order chi connectivity index (χ0) is 11.3. The zero-order valence-corrected chi connectivity index (χ0v) is 9.00. The summed E-state index contributed by atoms with van der Waals surface area (Å²) < 4.78 is 0. The summed E-state index contributed by atoms with van der Waals surface area (Å²) in [5.74, 6) is -0.981. The van der Waals surface area contributed by atoms with E-state index in [1.807, 2.05) is 0 Å². The van der Waals surface area contributed by atoms with Crippen molar-refractivity contribution >= 4 is 23.2 Å². The largest absolute Gasteiger partial charge is 0.481 e. The fraction of sp³-hybridized carbons (Fsp3) is 0.500. The average Bonchev–Trinajstić information content (AvgIpc) is 2.59.